The topological polar surface area (TPSA) is 114 Å². The SMILES string of the molecule is CCOc1ccc(N(CC(=O)N(Cc2ccc(Cl)cc2Cl)[C@H](C)C(=O)NCC(C)C)S(=O)(=O)c2ccc(OC)c(OC)c2)cc1. The lowest BCUT2D eigenvalue weighted by Crippen LogP contribution is -2.51. The van der Waals surface area contributed by atoms with Crippen LogP contribution >= 0.6 is 23.2 Å². The Kier molecular flexibility index (Phi) is 12.8. The van der Waals surface area contributed by atoms with Gasteiger partial charge in [0.25, 0.3) is 10.0 Å². The average molecular weight is 681 g/mol. The molecule has 0 radical (unpaired) electrons. The normalized spacial score (nSPS) is 11.9. The van der Waals surface area contributed by atoms with Crippen molar-refractivity contribution in [2.24, 2.45) is 5.92 Å². The van der Waals surface area contributed by atoms with Crippen LogP contribution in [0.15, 0.2) is 65.6 Å². The zero-order valence-electron chi connectivity index (χ0n) is 26.2. The summed E-state index contributed by atoms with van der Waals surface area (Å²) in [6, 6.07) is 14.4. The first-order valence-corrected chi connectivity index (χ1v) is 16.5. The van der Waals surface area contributed by atoms with E-state index in [1.807, 2.05) is 20.8 Å². The Morgan fingerprint density at radius 3 is 2.16 bits per heavy atom. The van der Waals surface area contributed by atoms with Gasteiger partial charge in [-0.05, 0) is 73.9 Å². The number of hydrogen-bond donors (Lipinski definition) is 1. The van der Waals surface area contributed by atoms with Crippen molar-refractivity contribution in [2.45, 2.75) is 45.2 Å². The first kappa shape index (κ1) is 35.8. The zero-order chi connectivity index (χ0) is 33.3. The number of nitrogens with zero attached hydrogens (tertiary/aromatic N) is 2. The van der Waals surface area contributed by atoms with Gasteiger partial charge >= 0.3 is 0 Å². The summed E-state index contributed by atoms with van der Waals surface area (Å²) in [4.78, 5) is 28.5. The molecule has 244 valence electrons. The van der Waals surface area contributed by atoms with Gasteiger partial charge in [-0.1, -0.05) is 43.1 Å². The standard InChI is InChI=1S/C32H39Cl2N3O7S/c1-7-44-26-12-10-25(11-13-26)37(45(40,41)27-14-15-29(42-5)30(17-27)43-6)20-31(38)36(22(4)32(39)35-18-21(2)3)19-23-8-9-24(33)16-28(23)34/h8-17,21-22H,7,18-20H2,1-6H3,(H,35,39)/t22-/m1/s1. The van der Waals surface area contributed by atoms with Crippen LogP contribution in [0.5, 0.6) is 17.2 Å². The van der Waals surface area contributed by atoms with Crippen molar-refractivity contribution in [3.8, 4) is 17.2 Å². The molecule has 0 aromatic heterocycles. The van der Waals surface area contributed by atoms with Crippen LogP contribution in [0, 0.1) is 5.92 Å². The van der Waals surface area contributed by atoms with E-state index in [4.69, 9.17) is 37.4 Å². The number of halogens is 2. The molecule has 0 spiro atoms. The minimum atomic E-state index is -4.35. The number of carbonyl (C=O) groups is 2. The summed E-state index contributed by atoms with van der Waals surface area (Å²) in [5.41, 5.74) is 0.747. The van der Waals surface area contributed by atoms with Gasteiger partial charge in [0.2, 0.25) is 11.8 Å². The fourth-order valence-electron chi connectivity index (χ4n) is 4.38. The number of anilines is 1. The monoisotopic (exact) mass is 679 g/mol. The van der Waals surface area contributed by atoms with Crippen LogP contribution < -0.4 is 23.8 Å². The van der Waals surface area contributed by atoms with Gasteiger partial charge in [0, 0.05) is 29.2 Å². The van der Waals surface area contributed by atoms with Crippen LogP contribution in [0.2, 0.25) is 10.0 Å². The largest absolute Gasteiger partial charge is 0.494 e. The molecule has 45 heavy (non-hydrogen) atoms. The minimum absolute atomic E-state index is 0.0708. The molecule has 0 bridgehead atoms. The van der Waals surface area contributed by atoms with Crippen molar-refractivity contribution in [3.05, 3.63) is 76.3 Å². The molecule has 2 amide bonds. The van der Waals surface area contributed by atoms with Crippen LogP contribution in [-0.2, 0) is 26.2 Å². The molecule has 0 saturated heterocycles. The molecule has 0 saturated carbocycles. The molecule has 3 aromatic rings. The van der Waals surface area contributed by atoms with E-state index in [1.165, 1.54) is 37.3 Å². The fourth-order valence-corrected chi connectivity index (χ4v) is 6.28. The lowest BCUT2D eigenvalue weighted by molar-refractivity contribution is -0.139. The highest BCUT2D eigenvalue weighted by Gasteiger charge is 2.33. The maximum atomic E-state index is 14.2. The number of rotatable bonds is 15. The summed E-state index contributed by atoms with van der Waals surface area (Å²) in [6.45, 7) is 7.45. The van der Waals surface area contributed by atoms with Crippen molar-refractivity contribution in [2.75, 3.05) is 38.2 Å². The van der Waals surface area contributed by atoms with E-state index >= 15 is 0 Å². The molecule has 10 nitrogen and oxygen atoms in total. The van der Waals surface area contributed by atoms with Gasteiger partial charge in [-0.25, -0.2) is 8.42 Å². The number of ether oxygens (including phenoxy) is 3. The molecule has 0 aliphatic rings. The van der Waals surface area contributed by atoms with Crippen LogP contribution in [0.1, 0.15) is 33.3 Å². The number of amides is 2. The van der Waals surface area contributed by atoms with Gasteiger partial charge in [-0.15, -0.1) is 0 Å². The van der Waals surface area contributed by atoms with Crippen LogP contribution in [0.4, 0.5) is 5.69 Å². The predicted octanol–water partition coefficient (Wildman–Crippen LogP) is 5.79. The number of methoxy groups -OCH3 is 2. The third-order valence-electron chi connectivity index (χ3n) is 6.87. The van der Waals surface area contributed by atoms with Crippen LogP contribution in [-0.4, -0.2) is 65.1 Å². The highest BCUT2D eigenvalue weighted by atomic mass is 35.5. The number of sulfonamides is 1. The maximum Gasteiger partial charge on any atom is 0.264 e. The second-order valence-electron chi connectivity index (χ2n) is 10.5. The summed E-state index contributed by atoms with van der Waals surface area (Å²) in [7, 11) is -1.52. The summed E-state index contributed by atoms with van der Waals surface area (Å²) >= 11 is 12.5. The van der Waals surface area contributed by atoms with Gasteiger partial charge in [-0.3, -0.25) is 13.9 Å². The second-order valence-corrected chi connectivity index (χ2v) is 13.2. The molecule has 1 atom stereocenters. The number of hydrogen-bond acceptors (Lipinski definition) is 7. The van der Waals surface area contributed by atoms with E-state index in [2.05, 4.69) is 5.32 Å². The van der Waals surface area contributed by atoms with Crippen molar-refractivity contribution in [1.29, 1.82) is 0 Å². The third-order valence-corrected chi connectivity index (χ3v) is 9.22. The molecule has 3 rings (SSSR count). The van der Waals surface area contributed by atoms with E-state index < -0.39 is 34.4 Å². The molecule has 0 unspecified atom stereocenters. The van der Waals surface area contributed by atoms with Crippen molar-refractivity contribution < 1.29 is 32.2 Å². The number of benzene rings is 3. The van der Waals surface area contributed by atoms with Gasteiger partial charge < -0.3 is 24.4 Å². The van der Waals surface area contributed by atoms with E-state index in [0.717, 1.165) is 4.31 Å². The first-order chi connectivity index (χ1) is 21.3. The van der Waals surface area contributed by atoms with E-state index in [-0.39, 0.29) is 28.8 Å². The average Bonchev–Trinajstić information content (AvgIpc) is 3.01. The lowest BCUT2D eigenvalue weighted by Gasteiger charge is -2.32. The van der Waals surface area contributed by atoms with Gasteiger partial charge in [0.15, 0.2) is 11.5 Å². The van der Waals surface area contributed by atoms with E-state index in [9.17, 15) is 18.0 Å². The molecule has 13 heteroatoms. The minimum Gasteiger partial charge on any atom is -0.494 e. The van der Waals surface area contributed by atoms with Crippen LogP contribution in [0.25, 0.3) is 0 Å². The molecular weight excluding hydrogens is 641 g/mol. The molecule has 0 heterocycles. The Labute approximate surface area is 275 Å². The third kappa shape index (κ3) is 9.18. The zero-order valence-corrected chi connectivity index (χ0v) is 28.5. The van der Waals surface area contributed by atoms with Gasteiger partial charge in [-0.2, -0.15) is 0 Å². The molecule has 0 fully saturated rings. The molecule has 0 aliphatic carbocycles. The number of carbonyl (C=O) groups excluding carboxylic acids is 2. The first-order valence-electron chi connectivity index (χ1n) is 14.3. The van der Waals surface area contributed by atoms with E-state index in [0.29, 0.717) is 40.3 Å². The van der Waals surface area contributed by atoms with Gasteiger partial charge in [0.05, 0.1) is 31.4 Å². The Hall–Kier alpha value is -3.67. The Morgan fingerprint density at radius 1 is 0.911 bits per heavy atom. The summed E-state index contributed by atoms with van der Waals surface area (Å²) < 4.78 is 45.6. The van der Waals surface area contributed by atoms with Crippen molar-refractivity contribution in [1.82, 2.24) is 10.2 Å². The maximum absolute atomic E-state index is 14.2. The van der Waals surface area contributed by atoms with Crippen molar-refractivity contribution >= 4 is 50.7 Å². The molecule has 0 aliphatic heterocycles. The van der Waals surface area contributed by atoms with Crippen molar-refractivity contribution in [3.63, 3.8) is 0 Å². The van der Waals surface area contributed by atoms with E-state index in [1.54, 1.807) is 49.4 Å². The molecule has 3 aromatic carbocycles. The molecule has 1 N–H and O–H groups in total. The predicted molar refractivity (Wildman–Crippen MR) is 176 cm³/mol. The Balaban J connectivity index is 2.09. The van der Waals surface area contributed by atoms with Gasteiger partial charge in [0.1, 0.15) is 18.3 Å². The van der Waals surface area contributed by atoms with Crippen LogP contribution in [0.3, 0.4) is 0 Å². The highest BCUT2D eigenvalue weighted by Crippen LogP contribution is 2.33. The highest BCUT2D eigenvalue weighted by molar-refractivity contribution is 7.92. The number of nitrogens with one attached hydrogen (secondary N) is 1. The summed E-state index contributed by atoms with van der Waals surface area (Å²) in [6.07, 6.45) is 0. The quantitative estimate of drug-likeness (QED) is 0.216. The summed E-state index contributed by atoms with van der Waals surface area (Å²) in [5, 5.41) is 3.56. The Bertz CT molecular complexity index is 1580. The molecular formula is C32H39Cl2N3O7S. The smallest absolute Gasteiger partial charge is 0.264 e. The fraction of sp³-hybridized carbons (Fsp3) is 0.375. The summed E-state index contributed by atoms with van der Waals surface area (Å²) in [5.74, 6) is 0.227. The Morgan fingerprint density at radius 2 is 1.58 bits per heavy atom. The second kappa shape index (κ2) is 16.1. The lowest BCUT2D eigenvalue weighted by atomic mass is 10.1.